The Bertz CT molecular complexity index is 450. The molecule has 0 aliphatic heterocycles. The van der Waals surface area contributed by atoms with Crippen LogP contribution in [0.1, 0.15) is 27.2 Å². The van der Waals surface area contributed by atoms with Gasteiger partial charge in [-0.25, -0.2) is 0 Å². The lowest BCUT2D eigenvalue weighted by atomic mass is 10.2. The summed E-state index contributed by atoms with van der Waals surface area (Å²) < 4.78 is 6.30. The molecule has 0 bridgehead atoms. The minimum absolute atomic E-state index is 0.110. The Morgan fingerprint density at radius 2 is 1.91 bits per heavy atom. The maximum atomic E-state index is 12.5. The standard InChI is InChI=1S/C17H27BrN2O2/c1-4-19(5-2)11-12-20(17(21)10-13-22-6-3)16-9-7-8-15(18)14-16/h7-9,14H,4-6,10-13H2,1-3H3. The van der Waals surface area contributed by atoms with Gasteiger partial charge in [0.15, 0.2) is 0 Å². The van der Waals surface area contributed by atoms with E-state index < -0.39 is 0 Å². The zero-order valence-corrected chi connectivity index (χ0v) is 15.4. The smallest absolute Gasteiger partial charge is 0.229 e. The van der Waals surface area contributed by atoms with E-state index in [1.54, 1.807) is 0 Å². The number of halogens is 1. The van der Waals surface area contributed by atoms with E-state index in [-0.39, 0.29) is 5.91 Å². The molecule has 0 fully saturated rings. The van der Waals surface area contributed by atoms with Crippen LogP contribution in [0.25, 0.3) is 0 Å². The molecule has 124 valence electrons. The van der Waals surface area contributed by atoms with Gasteiger partial charge in [0.25, 0.3) is 0 Å². The highest BCUT2D eigenvalue weighted by molar-refractivity contribution is 9.10. The third-order valence-corrected chi connectivity index (χ3v) is 4.11. The van der Waals surface area contributed by atoms with Gasteiger partial charge in [-0.15, -0.1) is 0 Å². The summed E-state index contributed by atoms with van der Waals surface area (Å²) in [6, 6.07) is 7.89. The number of benzene rings is 1. The van der Waals surface area contributed by atoms with Crippen LogP contribution in [-0.4, -0.2) is 50.2 Å². The SMILES string of the molecule is CCOCCC(=O)N(CCN(CC)CC)c1cccc(Br)c1. The fraction of sp³-hybridized carbons (Fsp3) is 0.588. The number of nitrogens with zero attached hydrogens (tertiary/aromatic N) is 2. The maximum absolute atomic E-state index is 12.5. The average molecular weight is 371 g/mol. The van der Waals surface area contributed by atoms with Crippen LogP contribution >= 0.6 is 15.9 Å². The van der Waals surface area contributed by atoms with E-state index in [1.165, 1.54) is 0 Å². The fourth-order valence-corrected chi connectivity index (χ4v) is 2.65. The summed E-state index contributed by atoms with van der Waals surface area (Å²) in [5.74, 6) is 0.110. The highest BCUT2D eigenvalue weighted by Gasteiger charge is 2.16. The molecule has 0 saturated carbocycles. The van der Waals surface area contributed by atoms with E-state index in [1.807, 2.05) is 36.1 Å². The molecule has 4 nitrogen and oxygen atoms in total. The minimum Gasteiger partial charge on any atom is -0.381 e. The van der Waals surface area contributed by atoms with E-state index in [0.29, 0.717) is 26.2 Å². The fourth-order valence-electron chi connectivity index (χ4n) is 2.26. The normalized spacial score (nSPS) is 11.0. The first-order chi connectivity index (χ1) is 10.6. The van der Waals surface area contributed by atoms with Crippen molar-refractivity contribution in [1.29, 1.82) is 0 Å². The van der Waals surface area contributed by atoms with Crippen molar-refractivity contribution in [2.75, 3.05) is 44.3 Å². The van der Waals surface area contributed by atoms with Gasteiger partial charge in [0.05, 0.1) is 13.0 Å². The molecule has 0 aromatic heterocycles. The Kier molecular flexibility index (Phi) is 9.36. The Morgan fingerprint density at radius 1 is 1.18 bits per heavy atom. The third-order valence-electron chi connectivity index (χ3n) is 3.62. The van der Waals surface area contributed by atoms with Crippen LogP contribution in [0.5, 0.6) is 0 Å². The van der Waals surface area contributed by atoms with Crippen LogP contribution in [0.15, 0.2) is 28.7 Å². The van der Waals surface area contributed by atoms with Crippen LogP contribution < -0.4 is 4.90 Å². The Hall–Kier alpha value is -0.910. The quantitative estimate of drug-likeness (QED) is 0.590. The van der Waals surface area contributed by atoms with E-state index in [0.717, 1.165) is 29.8 Å². The molecule has 0 spiro atoms. The second-order valence-corrected chi connectivity index (χ2v) is 5.91. The first-order valence-corrected chi connectivity index (χ1v) is 8.77. The van der Waals surface area contributed by atoms with Crippen LogP contribution in [-0.2, 0) is 9.53 Å². The Morgan fingerprint density at radius 3 is 2.50 bits per heavy atom. The predicted molar refractivity (Wildman–Crippen MR) is 95.4 cm³/mol. The molecule has 0 saturated heterocycles. The van der Waals surface area contributed by atoms with Gasteiger partial charge in [-0.05, 0) is 38.2 Å². The lowest BCUT2D eigenvalue weighted by Crippen LogP contribution is -2.39. The summed E-state index contributed by atoms with van der Waals surface area (Å²) in [7, 11) is 0. The van der Waals surface area contributed by atoms with E-state index in [4.69, 9.17) is 4.74 Å². The summed E-state index contributed by atoms with van der Waals surface area (Å²) in [6.07, 6.45) is 0.415. The van der Waals surface area contributed by atoms with Gasteiger partial charge in [0.1, 0.15) is 0 Å². The molecular weight excluding hydrogens is 344 g/mol. The second-order valence-electron chi connectivity index (χ2n) is 5.00. The topological polar surface area (TPSA) is 32.8 Å². The van der Waals surface area contributed by atoms with Crippen molar-refractivity contribution in [2.24, 2.45) is 0 Å². The zero-order chi connectivity index (χ0) is 16.4. The van der Waals surface area contributed by atoms with Crippen LogP contribution in [0, 0.1) is 0 Å². The van der Waals surface area contributed by atoms with Crippen molar-refractivity contribution in [3.8, 4) is 0 Å². The van der Waals surface area contributed by atoms with E-state index in [9.17, 15) is 4.79 Å². The van der Waals surface area contributed by atoms with Crippen LogP contribution in [0.2, 0.25) is 0 Å². The molecule has 0 N–H and O–H groups in total. The number of amides is 1. The van der Waals surface area contributed by atoms with Crippen LogP contribution in [0.3, 0.4) is 0 Å². The molecule has 0 aliphatic rings. The van der Waals surface area contributed by atoms with Crippen molar-refractivity contribution < 1.29 is 9.53 Å². The summed E-state index contributed by atoms with van der Waals surface area (Å²) in [5, 5.41) is 0. The minimum atomic E-state index is 0.110. The monoisotopic (exact) mass is 370 g/mol. The van der Waals surface area contributed by atoms with Crippen molar-refractivity contribution >= 4 is 27.5 Å². The summed E-state index contributed by atoms with van der Waals surface area (Å²) in [5.41, 5.74) is 0.933. The summed E-state index contributed by atoms with van der Waals surface area (Å²) in [4.78, 5) is 16.7. The van der Waals surface area contributed by atoms with Gasteiger partial charge in [0, 0.05) is 29.9 Å². The number of anilines is 1. The molecule has 22 heavy (non-hydrogen) atoms. The van der Waals surface area contributed by atoms with E-state index in [2.05, 4.69) is 34.7 Å². The molecule has 0 radical (unpaired) electrons. The number of likely N-dealkylation sites (N-methyl/N-ethyl adjacent to an activating group) is 1. The first-order valence-electron chi connectivity index (χ1n) is 7.98. The van der Waals surface area contributed by atoms with Gasteiger partial charge in [-0.3, -0.25) is 4.79 Å². The number of hydrogen-bond donors (Lipinski definition) is 0. The second kappa shape index (κ2) is 10.8. The molecule has 0 atom stereocenters. The Labute approximate surface area is 142 Å². The molecule has 0 aliphatic carbocycles. The molecule has 1 aromatic carbocycles. The van der Waals surface area contributed by atoms with E-state index >= 15 is 0 Å². The van der Waals surface area contributed by atoms with Gasteiger partial charge < -0.3 is 14.5 Å². The average Bonchev–Trinajstić information content (AvgIpc) is 2.52. The highest BCUT2D eigenvalue weighted by atomic mass is 79.9. The molecular formula is C17H27BrN2O2. The maximum Gasteiger partial charge on any atom is 0.229 e. The molecule has 0 heterocycles. The highest BCUT2D eigenvalue weighted by Crippen LogP contribution is 2.20. The van der Waals surface area contributed by atoms with Gasteiger partial charge in [-0.2, -0.15) is 0 Å². The molecule has 0 unspecified atom stereocenters. The number of hydrogen-bond acceptors (Lipinski definition) is 3. The molecule has 1 aromatic rings. The molecule has 5 heteroatoms. The van der Waals surface area contributed by atoms with Crippen molar-refractivity contribution in [2.45, 2.75) is 27.2 Å². The van der Waals surface area contributed by atoms with Crippen molar-refractivity contribution in [3.63, 3.8) is 0 Å². The lowest BCUT2D eigenvalue weighted by Gasteiger charge is -2.27. The third kappa shape index (κ3) is 6.46. The summed E-state index contributed by atoms with van der Waals surface area (Å²) >= 11 is 3.48. The molecule has 1 rings (SSSR count). The number of ether oxygens (including phenoxy) is 1. The number of rotatable bonds is 10. The predicted octanol–water partition coefficient (Wildman–Crippen LogP) is 3.55. The summed E-state index contributed by atoms with van der Waals surface area (Å²) in [6.45, 7) is 10.9. The Balaban J connectivity index is 2.78. The zero-order valence-electron chi connectivity index (χ0n) is 13.8. The first kappa shape index (κ1) is 19.1. The van der Waals surface area contributed by atoms with Crippen molar-refractivity contribution in [3.05, 3.63) is 28.7 Å². The molecule has 1 amide bonds. The van der Waals surface area contributed by atoms with Gasteiger partial charge >= 0.3 is 0 Å². The van der Waals surface area contributed by atoms with Gasteiger partial charge in [0.2, 0.25) is 5.91 Å². The van der Waals surface area contributed by atoms with Crippen LogP contribution in [0.4, 0.5) is 5.69 Å². The van der Waals surface area contributed by atoms with Crippen molar-refractivity contribution in [1.82, 2.24) is 4.90 Å². The lowest BCUT2D eigenvalue weighted by molar-refractivity contribution is -0.119. The number of carbonyl (C=O) groups is 1. The van der Waals surface area contributed by atoms with Gasteiger partial charge in [-0.1, -0.05) is 35.8 Å². The largest absolute Gasteiger partial charge is 0.381 e. The number of carbonyl (C=O) groups excluding carboxylic acids is 1.